The molecule has 19 heavy (non-hydrogen) atoms. The van der Waals surface area contributed by atoms with Gasteiger partial charge in [0.15, 0.2) is 5.82 Å². The van der Waals surface area contributed by atoms with Crippen LogP contribution in [0.3, 0.4) is 0 Å². The van der Waals surface area contributed by atoms with Crippen molar-refractivity contribution in [1.29, 1.82) is 0 Å². The highest BCUT2D eigenvalue weighted by atomic mass is 19.1. The summed E-state index contributed by atoms with van der Waals surface area (Å²) in [6.07, 6.45) is 0.148. The van der Waals surface area contributed by atoms with Gasteiger partial charge in [-0.25, -0.2) is 13.6 Å². The van der Waals surface area contributed by atoms with Gasteiger partial charge in [0, 0.05) is 13.0 Å². The highest BCUT2D eigenvalue weighted by Gasteiger charge is 2.13. The van der Waals surface area contributed by atoms with Crippen molar-refractivity contribution in [2.24, 2.45) is 0 Å². The average molecular weight is 272 g/mol. The van der Waals surface area contributed by atoms with Crippen molar-refractivity contribution in [2.75, 3.05) is 11.9 Å². The molecule has 104 valence electrons. The summed E-state index contributed by atoms with van der Waals surface area (Å²) in [5, 5.41) is 12.8. The lowest BCUT2D eigenvalue weighted by Crippen LogP contribution is -2.30. The van der Waals surface area contributed by atoms with E-state index in [1.807, 2.05) is 0 Å². The minimum atomic E-state index is -0.974. The maximum atomic E-state index is 13.6. The van der Waals surface area contributed by atoms with Gasteiger partial charge in [-0.15, -0.1) is 0 Å². The minimum Gasteiger partial charge on any atom is -0.481 e. The summed E-state index contributed by atoms with van der Waals surface area (Å²) in [6, 6.07) is 1.53. The smallest absolute Gasteiger partial charge is 0.319 e. The number of halogens is 2. The summed E-state index contributed by atoms with van der Waals surface area (Å²) >= 11 is 0. The van der Waals surface area contributed by atoms with Crippen molar-refractivity contribution >= 4 is 17.7 Å². The Morgan fingerprint density at radius 2 is 2.00 bits per heavy atom. The van der Waals surface area contributed by atoms with E-state index >= 15 is 0 Å². The maximum Gasteiger partial charge on any atom is 0.319 e. The Morgan fingerprint density at radius 3 is 2.63 bits per heavy atom. The second-order valence-corrected chi connectivity index (χ2v) is 3.93. The number of amides is 2. The Kier molecular flexibility index (Phi) is 5.23. The number of carbonyl (C=O) groups excluding carboxylic acids is 1. The molecule has 0 radical (unpaired) electrons. The maximum absolute atomic E-state index is 13.6. The predicted molar refractivity (Wildman–Crippen MR) is 65.0 cm³/mol. The first-order valence-corrected chi connectivity index (χ1v) is 5.63. The molecule has 0 saturated carbocycles. The molecule has 0 aromatic heterocycles. The Bertz CT molecular complexity index is 492. The number of aliphatic carboxylic acids is 1. The lowest BCUT2D eigenvalue weighted by atomic mass is 10.2. The van der Waals surface area contributed by atoms with Crippen LogP contribution in [-0.2, 0) is 4.79 Å². The van der Waals surface area contributed by atoms with Crippen molar-refractivity contribution in [3.63, 3.8) is 0 Å². The second-order valence-electron chi connectivity index (χ2n) is 3.93. The SMILES string of the molecule is Cc1ccc(F)c(NC(=O)NCCCC(=O)O)c1F. The molecule has 0 heterocycles. The summed E-state index contributed by atoms with van der Waals surface area (Å²) in [7, 11) is 0. The van der Waals surface area contributed by atoms with E-state index in [9.17, 15) is 18.4 Å². The van der Waals surface area contributed by atoms with Crippen LogP contribution in [0, 0.1) is 18.6 Å². The number of carbonyl (C=O) groups is 2. The monoisotopic (exact) mass is 272 g/mol. The van der Waals surface area contributed by atoms with Crippen LogP contribution in [0.5, 0.6) is 0 Å². The van der Waals surface area contributed by atoms with Crippen LogP contribution in [-0.4, -0.2) is 23.7 Å². The molecule has 0 aliphatic carbocycles. The number of carboxylic acid groups (broad SMARTS) is 1. The van der Waals surface area contributed by atoms with Crippen LogP contribution in [0.25, 0.3) is 0 Å². The predicted octanol–water partition coefficient (Wildman–Crippen LogP) is 2.26. The molecule has 0 aliphatic rings. The Morgan fingerprint density at radius 1 is 1.32 bits per heavy atom. The van der Waals surface area contributed by atoms with E-state index in [0.717, 1.165) is 6.07 Å². The highest BCUT2D eigenvalue weighted by molar-refractivity contribution is 5.89. The topological polar surface area (TPSA) is 78.4 Å². The van der Waals surface area contributed by atoms with Gasteiger partial charge in [-0.3, -0.25) is 4.79 Å². The van der Waals surface area contributed by atoms with Gasteiger partial charge in [0.1, 0.15) is 11.5 Å². The number of hydrogen-bond acceptors (Lipinski definition) is 2. The van der Waals surface area contributed by atoms with E-state index in [2.05, 4.69) is 10.6 Å². The summed E-state index contributed by atoms with van der Waals surface area (Å²) in [5.74, 6) is -2.68. The number of anilines is 1. The summed E-state index contributed by atoms with van der Waals surface area (Å²) < 4.78 is 26.9. The largest absolute Gasteiger partial charge is 0.481 e. The normalized spacial score (nSPS) is 10.1. The fourth-order valence-corrected chi connectivity index (χ4v) is 1.37. The van der Waals surface area contributed by atoms with E-state index in [4.69, 9.17) is 5.11 Å². The van der Waals surface area contributed by atoms with Gasteiger partial charge in [0.2, 0.25) is 0 Å². The number of aryl methyl sites for hydroxylation is 1. The molecule has 1 aromatic carbocycles. The summed E-state index contributed by atoms with van der Waals surface area (Å²) in [5.41, 5.74) is -0.307. The van der Waals surface area contributed by atoms with Crippen molar-refractivity contribution in [3.8, 4) is 0 Å². The van der Waals surface area contributed by atoms with E-state index in [1.165, 1.54) is 13.0 Å². The van der Waals surface area contributed by atoms with Gasteiger partial charge < -0.3 is 15.7 Å². The number of nitrogens with one attached hydrogen (secondary N) is 2. The van der Waals surface area contributed by atoms with Crippen LogP contribution in [0.4, 0.5) is 19.3 Å². The van der Waals surface area contributed by atoms with Crippen molar-refractivity contribution < 1.29 is 23.5 Å². The van der Waals surface area contributed by atoms with Crippen LogP contribution in [0.15, 0.2) is 12.1 Å². The summed E-state index contributed by atoms with van der Waals surface area (Å²) in [4.78, 5) is 21.6. The first kappa shape index (κ1) is 14.9. The minimum absolute atomic E-state index is 0.0898. The average Bonchev–Trinajstić information content (AvgIpc) is 2.35. The van der Waals surface area contributed by atoms with Crippen LogP contribution in [0.1, 0.15) is 18.4 Å². The molecule has 7 heteroatoms. The second kappa shape index (κ2) is 6.67. The number of carboxylic acids is 1. The van der Waals surface area contributed by atoms with Gasteiger partial charge in [0.05, 0.1) is 0 Å². The molecular weight excluding hydrogens is 258 g/mol. The lowest BCUT2D eigenvalue weighted by molar-refractivity contribution is -0.137. The molecule has 0 fully saturated rings. The highest BCUT2D eigenvalue weighted by Crippen LogP contribution is 2.21. The third-order valence-electron chi connectivity index (χ3n) is 2.38. The number of urea groups is 1. The van der Waals surface area contributed by atoms with Crippen molar-refractivity contribution in [1.82, 2.24) is 5.32 Å². The van der Waals surface area contributed by atoms with Crippen LogP contribution >= 0.6 is 0 Å². The van der Waals surface area contributed by atoms with Gasteiger partial charge in [0.25, 0.3) is 0 Å². The molecule has 0 saturated heterocycles. The first-order valence-electron chi connectivity index (χ1n) is 5.63. The van der Waals surface area contributed by atoms with E-state index in [1.54, 1.807) is 0 Å². The van der Waals surface area contributed by atoms with Gasteiger partial charge >= 0.3 is 12.0 Å². The van der Waals surface area contributed by atoms with E-state index in [-0.39, 0.29) is 24.9 Å². The van der Waals surface area contributed by atoms with Crippen LogP contribution < -0.4 is 10.6 Å². The van der Waals surface area contributed by atoms with E-state index in [0.29, 0.717) is 0 Å². The molecule has 0 bridgehead atoms. The molecule has 3 N–H and O–H groups in total. The number of benzene rings is 1. The van der Waals surface area contributed by atoms with Gasteiger partial charge in [-0.1, -0.05) is 6.07 Å². The molecule has 5 nitrogen and oxygen atoms in total. The van der Waals surface area contributed by atoms with Crippen molar-refractivity contribution in [3.05, 3.63) is 29.3 Å². The fraction of sp³-hybridized carbons (Fsp3) is 0.333. The molecule has 2 amide bonds. The van der Waals surface area contributed by atoms with Crippen LogP contribution in [0.2, 0.25) is 0 Å². The zero-order valence-electron chi connectivity index (χ0n) is 10.3. The number of rotatable bonds is 5. The summed E-state index contributed by atoms with van der Waals surface area (Å²) in [6.45, 7) is 1.55. The first-order chi connectivity index (χ1) is 8.91. The molecular formula is C12H14F2N2O3. The Balaban J connectivity index is 2.53. The number of hydrogen-bond donors (Lipinski definition) is 3. The Labute approximate surface area is 108 Å². The molecule has 0 atom stereocenters. The lowest BCUT2D eigenvalue weighted by Gasteiger charge is -2.10. The fourth-order valence-electron chi connectivity index (χ4n) is 1.37. The molecule has 1 aromatic rings. The molecule has 0 unspecified atom stereocenters. The third-order valence-corrected chi connectivity index (χ3v) is 2.38. The van der Waals surface area contributed by atoms with E-state index < -0.39 is 29.3 Å². The quantitative estimate of drug-likeness (QED) is 0.719. The zero-order chi connectivity index (χ0) is 14.4. The van der Waals surface area contributed by atoms with Crippen molar-refractivity contribution in [2.45, 2.75) is 19.8 Å². The molecule has 0 aliphatic heterocycles. The molecule has 0 spiro atoms. The standard InChI is InChI=1S/C12H14F2N2O3/c1-7-4-5-8(13)11(10(7)14)16-12(19)15-6-2-3-9(17)18/h4-5H,2-3,6H2,1H3,(H,17,18)(H2,15,16,19). The zero-order valence-corrected chi connectivity index (χ0v) is 10.3. The van der Waals surface area contributed by atoms with Gasteiger partial charge in [-0.05, 0) is 25.0 Å². The van der Waals surface area contributed by atoms with Gasteiger partial charge in [-0.2, -0.15) is 0 Å². The third kappa shape index (κ3) is 4.53. The molecule has 1 rings (SSSR count). The Hall–Kier alpha value is -2.18.